The molecule has 0 radical (unpaired) electrons. The lowest BCUT2D eigenvalue weighted by Gasteiger charge is -2.14. The maximum Gasteiger partial charge on any atom is 0.339 e. The summed E-state index contributed by atoms with van der Waals surface area (Å²) in [6.45, 7) is 8.35. The van der Waals surface area contributed by atoms with Crippen molar-refractivity contribution in [3.05, 3.63) is 59.5 Å². The van der Waals surface area contributed by atoms with Gasteiger partial charge in [0.2, 0.25) is 5.89 Å². The Bertz CT molecular complexity index is 995. The molecule has 0 N–H and O–H groups in total. The van der Waals surface area contributed by atoms with E-state index in [1.54, 1.807) is 25.1 Å². The predicted octanol–water partition coefficient (Wildman–Crippen LogP) is 5.01. The highest BCUT2D eigenvalue weighted by atomic mass is 16.6. The number of benzene rings is 2. The molecule has 0 unspecified atom stereocenters. The minimum Gasteiger partial charge on any atom is -0.493 e. The van der Waals surface area contributed by atoms with E-state index in [-0.39, 0.29) is 5.89 Å². The fraction of sp³-hybridized carbons (Fsp3) is 0.348. The number of nitrogens with zero attached hydrogens (tertiary/aromatic N) is 2. The van der Waals surface area contributed by atoms with Crippen molar-refractivity contribution in [2.24, 2.45) is 5.92 Å². The lowest BCUT2D eigenvalue weighted by Crippen LogP contribution is -2.10. The molecule has 2 aromatic carbocycles. The topological polar surface area (TPSA) is 83.7 Å². The zero-order valence-corrected chi connectivity index (χ0v) is 17.8. The van der Waals surface area contributed by atoms with Crippen LogP contribution in [0.1, 0.15) is 48.7 Å². The first-order valence-electron chi connectivity index (χ1n) is 9.79. The second kappa shape index (κ2) is 9.43. The van der Waals surface area contributed by atoms with Crippen molar-refractivity contribution in [2.45, 2.75) is 33.8 Å². The highest BCUT2D eigenvalue weighted by Gasteiger charge is 2.21. The monoisotopic (exact) mass is 410 g/mol. The molecule has 0 aliphatic rings. The van der Waals surface area contributed by atoms with Crippen molar-refractivity contribution < 1.29 is 23.4 Å². The fourth-order valence-corrected chi connectivity index (χ4v) is 2.66. The van der Waals surface area contributed by atoms with Gasteiger partial charge in [0, 0.05) is 5.56 Å². The molecule has 1 atom stereocenters. The number of esters is 1. The molecular formula is C23H26N2O5. The lowest BCUT2D eigenvalue weighted by molar-refractivity contribution is 0.0279. The van der Waals surface area contributed by atoms with Crippen LogP contribution in [0.5, 0.6) is 11.5 Å². The lowest BCUT2D eigenvalue weighted by atomic mass is 10.1. The SMILES string of the molecule is COc1cc(C(=O)O[C@H](C)c2nnc(-c3ccc(C)cc3)o2)ccc1OCC(C)C. The van der Waals surface area contributed by atoms with Crippen LogP contribution in [0.2, 0.25) is 0 Å². The number of carbonyl (C=O) groups is 1. The van der Waals surface area contributed by atoms with Crippen LogP contribution in [0, 0.1) is 12.8 Å². The molecule has 0 bridgehead atoms. The van der Waals surface area contributed by atoms with Crippen molar-refractivity contribution in [3.8, 4) is 23.0 Å². The third kappa shape index (κ3) is 5.17. The summed E-state index contributed by atoms with van der Waals surface area (Å²) in [5.41, 5.74) is 2.28. The van der Waals surface area contributed by atoms with Gasteiger partial charge in [-0.2, -0.15) is 0 Å². The van der Waals surface area contributed by atoms with E-state index in [0.717, 1.165) is 11.1 Å². The molecule has 3 aromatic rings. The van der Waals surface area contributed by atoms with Crippen LogP contribution < -0.4 is 9.47 Å². The summed E-state index contributed by atoms with van der Waals surface area (Å²) in [7, 11) is 1.53. The number of hydrogen-bond acceptors (Lipinski definition) is 7. The average molecular weight is 410 g/mol. The van der Waals surface area contributed by atoms with E-state index in [0.29, 0.717) is 35.5 Å². The van der Waals surface area contributed by atoms with Crippen LogP contribution in [-0.2, 0) is 4.74 Å². The Hall–Kier alpha value is -3.35. The Kier molecular flexibility index (Phi) is 6.72. The van der Waals surface area contributed by atoms with E-state index in [4.69, 9.17) is 18.6 Å². The normalized spacial score (nSPS) is 11.9. The molecule has 0 spiro atoms. The smallest absolute Gasteiger partial charge is 0.339 e. The summed E-state index contributed by atoms with van der Waals surface area (Å²) >= 11 is 0. The molecule has 0 fully saturated rings. The van der Waals surface area contributed by atoms with Crippen LogP contribution in [-0.4, -0.2) is 29.9 Å². The van der Waals surface area contributed by atoms with E-state index in [1.165, 1.54) is 7.11 Å². The van der Waals surface area contributed by atoms with Gasteiger partial charge >= 0.3 is 5.97 Å². The molecule has 3 rings (SSSR count). The third-order valence-electron chi connectivity index (χ3n) is 4.34. The number of carbonyl (C=O) groups excluding carboxylic acids is 1. The maximum absolute atomic E-state index is 12.6. The molecular weight excluding hydrogens is 384 g/mol. The van der Waals surface area contributed by atoms with Crippen molar-refractivity contribution in [2.75, 3.05) is 13.7 Å². The molecule has 1 aromatic heterocycles. The van der Waals surface area contributed by atoms with Crippen LogP contribution >= 0.6 is 0 Å². The number of hydrogen-bond donors (Lipinski definition) is 0. The van der Waals surface area contributed by atoms with E-state index < -0.39 is 12.1 Å². The van der Waals surface area contributed by atoms with Gasteiger partial charge in [0.1, 0.15) is 0 Å². The minimum absolute atomic E-state index is 0.225. The zero-order valence-electron chi connectivity index (χ0n) is 17.8. The molecule has 0 aliphatic heterocycles. The Morgan fingerprint density at radius 2 is 1.77 bits per heavy atom. The molecule has 0 saturated carbocycles. The van der Waals surface area contributed by atoms with Gasteiger partial charge in [0.25, 0.3) is 5.89 Å². The fourth-order valence-electron chi connectivity index (χ4n) is 2.66. The van der Waals surface area contributed by atoms with Crippen LogP contribution in [0.15, 0.2) is 46.9 Å². The molecule has 0 saturated heterocycles. The number of aryl methyl sites for hydroxylation is 1. The summed E-state index contributed by atoms with van der Waals surface area (Å²) in [5, 5.41) is 8.06. The molecule has 30 heavy (non-hydrogen) atoms. The van der Waals surface area contributed by atoms with Gasteiger partial charge < -0.3 is 18.6 Å². The van der Waals surface area contributed by atoms with Gasteiger partial charge in [-0.3, -0.25) is 0 Å². The van der Waals surface area contributed by atoms with Crippen molar-refractivity contribution in [3.63, 3.8) is 0 Å². The molecule has 7 nitrogen and oxygen atoms in total. The zero-order chi connectivity index (χ0) is 21.7. The summed E-state index contributed by atoms with van der Waals surface area (Å²) < 4.78 is 22.2. The van der Waals surface area contributed by atoms with Gasteiger partial charge in [-0.05, 0) is 50.1 Å². The molecule has 1 heterocycles. The van der Waals surface area contributed by atoms with E-state index in [1.807, 2.05) is 31.2 Å². The van der Waals surface area contributed by atoms with Gasteiger partial charge in [0.15, 0.2) is 17.6 Å². The minimum atomic E-state index is -0.702. The van der Waals surface area contributed by atoms with E-state index >= 15 is 0 Å². The third-order valence-corrected chi connectivity index (χ3v) is 4.34. The number of aromatic nitrogens is 2. The van der Waals surface area contributed by atoms with E-state index in [9.17, 15) is 4.79 Å². The standard InChI is InChI=1S/C23H26N2O5/c1-14(2)13-28-19-11-10-18(12-20(19)27-5)23(26)29-16(4)21-24-25-22(30-21)17-8-6-15(3)7-9-17/h6-12,14,16H,13H2,1-5H3/t16-/m1/s1. The maximum atomic E-state index is 12.6. The molecule has 0 aliphatic carbocycles. The summed E-state index contributed by atoms with van der Waals surface area (Å²) in [6, 6.07) is 12.7. The van der Waals surface area contributed by atoms with Gasteiger partial charge in [-0.15, -0.1) is 10.2 Å². The highest BCUT2D eigenvalue weighted by Crippen LogP contribution is 2.30. The average Bonchev–Trinajstić information content (AvgIpc) is 3.23. The highest BCUT2D eigenvalue weighted by molar-refractivity contribution is 5.90. The number of methoxy groups -OCH3 is 1. The second-order valence-corrected chi connectivity index (χ2v) is 7.43. The van der Waals surface area contributed by atoms with E-state index in [2.05, 4.69) is 24.0 Å². The quantitative estimate of drug-likeness (QED) is 0.483. The van der Waals surface area contributed by atoms with Crippen molar-refractivity contribution in [1.29, 1.82) is 0 Å². The molecule has 7 heteroatoms. The first-order chi connectivity index (χ1) is 14.4. The van der Waals surface area contributed by atoms with Crippen LogP contribution in [0.4, 0.5) is 0 Å². The number of ether oxygens (including phenoxy) is 3. The van der Waals surface area contributed by atoms with Crippen LogP contribution in [0.25, 0.3) is 11.5 Å². The molecule has 0 amide bonds. The summed E-state index contributed by atoms with van der Waals surface area (Å²) in [6.07, 6.45) is -0.702. The summed E-state index contributed by atoms with van der Waals surface area (Å²) in [4.78, 5) is 12.6. The van der Waals surface area contributed by atoms with Gasteiger partial charge in [-0.25, -0.2) is 4.79 Å². The Morgan fingerprint density at radius 1 is 1.03 bits per heavy atom. The Morgan fingerprint density at radius 3 is 2.43 bits per heavy atom. The van der Waals surface area contributed by atoms with Crippen LogP contribution in [0.3, 0.4) is 0 Å². The first kappa shape index (κ1) is 21.4. The van der Waals surface area contributed by atoms with Gasteiger partial charge in [-0.1, -0.05) is 31.5 Å². The predicted molar refractivity (Wildman–Crippen MR) is 112 cm³/mol. The van der Waals surface area contributed by atoms with Crippen molar-refractivity contribution >= 4 is 5.97 Å². The van der Waals surface area contributed by atoms with Crippen molar-refractivity contribution in [1.82, 2.24) is 10.2 Å². The summed E-state index contributed by atoms with van der Waals surface area (Å²) in [5.74, 6) is 1.50. The molecule has 158 valence electrons. The Balaban J connectivity index is 1.69. The second-order valence-electron chi connectivity index (χ2n) is 7.43. The number of rotatable bonds is 8. The largest absolute Gasteiger partial charge is 0.493 e. The Labute approximate surface area is 176 Å². The van der Waals surface area contributed by atoms with Gasteiger partial charge in [0.05, 0.1) is 19.3 Å². The first-order valence-corrected chi connectivity index (χ1v) is 9.79.